The molecule has 0 atom stereocenters. The van der Waals surface area contributed by atoms with E-state index in [9.17, 15) is 8.78 Å². The predicted molar refractivity (Wildman–Crippen MR) is 66.3 cm³/mol. The Bertz CT molecular complexity index is 540. The van der Waals surface area contributed by atoms with E-state index in [1.165, 1.54) is 0 Å². The Morgan fingerprint density at radius 3 is 2.88 bits per heavy atom. The van der Waals surface area contributed by atoms with Gasteiger partial charge in [-0.15, -0.1) is 0 Å². The van der Waals surface area contributed by atoms with Gasteiger partial charge in [-0.3, -0.25) is 0 Å². The number of benzene rings is 1. The average Bonchev–Trinajstić information content (AvgIpc) is 2.25. The molecule has 0 aliphatic heterocycles. The van der Waals surface area contributed by atoms with Crippen LogP contribution in [0, 0.1) is 0 Å². The highest BCUT2D eigenvalue weighted by Crippen LogP contribution is 2.19. The molecule has 1 aromatic carbocycles. The van der Waals surface area contributed by atoms with Crippen LogP contribution in [-0.2, 0) is 0 Å². The summed E-state index contributed by atoms with van der Waals surface area (Å²) in [6.45, 7) is 0.368. The first kappa shape index (κ1) is 12.2. The number of anilines is 1. The minimum atomic E-state index is -2.78. The number of nitrogens with zero attached hydrogens (tertiary/aromatic N) is 2. The van der Waals surface area contributed by atoms with Gasteiger partial charge in [0.05, 0.1) is 12.1 Å². The quantitative estimate of drug-likeness (QED) is 0.943. The summed E-state index contributed by atoms with van der Waals surface area (Å²) in [5.41, 5.74) is 0.713. The fraction of sp³-hybridized carbons (Fsp3) is 0.273. The second kappa shape index (κ2) is 4.52. The van der Waals surface area contributed by atoms with Crippen molar-refractivity contribution in [3.05, 3.63) is 28.9 Å². The number of alkyl halides is 2. The Balaban J connectivity index is 2.23. The lowest BCUT2D eigenvalue weighted by Crippen LogP contribution is -2.23. The molecule has 0 aliphatic carbocycles. The molecule has 0 saturated carbocycles. The van der Waals surface area contributed by atoms with Gasteiger partial charge in [0.25, 0.3) is 5.92 Å². The molecule has 0 radical (unpaired) electrons. The highest BCUT2D eigenvalue weighted by atomic mass is 79.9. The van der Waals surface area contributed by atoms with E-state index in [0.29, 0.717) is 5.52 Å². The zero-order chi connectivity index (χ0) is 12.5. The summed E-state index contributed by atoms with van der Waals surface area (Å²) in [7, 11) is 0. The number of hydrogen-bond donors (Lipinski definition) is 1. The maximum Gasteiger partial charge on any atom is 0.262 e. The molecular formula is C11H10BrF2N3. The summed E-state index contributed by atoms with van der Waals surface area (Å²) in [6.07, 6.45) is 1.60. The molecule has 0 bridgehead atoms. The molecule has 90 valence electrons. The second-order valence-corrected chi connectivity index (χ2v) is 4.74. The Morgan fingerprint density at radius 1 is 1.41 bits per heavy atom. The van der Waals surface area contributed by atoms with Gasteiger partial charge in [-0.25, -0.2) is 18.7 Å². The molecule has 2 aromatic rings. The lowest BCUT2D eigenvalue weighted by Gasteiger charge is -2.11. The van der Waals surface area contributed by atoms with Gasteiger partial charge in [0.1, 0.15) is 0 Å². The monoisotopic (exact) mass is 301 g/mol. The maximum absolute atomic E-state index is 12.7. The van der Waals surface area contributed by atoms with Crippen molar-refractivity contribution in [3.8, 4) is 0 Å². The third kappa shape index (κ3) is 3.33. The summed E-state index contributed by atoms with van der Waals surface area (Å²) in [5, 5.41) is 3.36. The summed E-state index contributed by atoms with van der Waals surface area (Å²) < 4.78 is 26.2. The number of hydrogen-bond acceptors (Lipinski definition) is 3. The van der Waals surface area contributed by atoms with Gasteiger partial charge in [-0.2, -0.15) is 0 Å². The number of halogens is 3. The lowest BCUT2D eigenvalue weighted by molar-refractivity contribution is 0.0366. The van der Waals surface area contributed by atoms with Crippen molar-refractivity contribution in [2.24, 2.45) is 0 Å². The summed E-state index contributed by atoms with van der Waals surface area (Å²) in [4.78, 5) is 8.12. The molecule has 17 heavy (non-hydrogen) atoms. The van der Waals surface area contributed by atoms with Crippen molar-refractivity contribution < 1.29 is 8.78 Å². The second-order valence-electron chi connectivity index (χ2n) is 3.82. The zero-order valence-corrected chi connectivity index (χ0v) is 10.6. The number of rotatable bonds is 3. The Kier molecular flexibility index (Phi) is 3.24. The van der Waals surface area contributed by atoms with E-state index in [4.69, 9.17) is 0 Å². The number of aromatic nitrogens is 2. The van der Waals surface area contributed by atoms with Crippen molar-refractivity contribution in [2.75, 3.05) is 11.9 Å². The molecule has 3 nitrogen and oxygen atoms in total. The van der Waals surface area contributed by atoms with Crippen LogP contribution in [0.3, 0.4) is 0 Å². The van der Waals surface area contributed by atoms with Crippen LogP contribution >= 0.6 is 15.9 Å². The van der Waals surface area contributed by atoms with Gasteiger partial charge in [-0.1, -0.05) is 15.9 Å². The topological polar surface area (TPSA) is 37.8 Å². The van der Waals surface area contributed by atoms with Crippen LogP contribution in [-0.4, -0.2) is 22.4 Å². The van der Waals surface area contributed by atoms with Crippen LogP contribution in [0.2, 0.25) is 0 Å². The van der Waals surface area contributed by atoms with Gasteiger partial charge >= 0.3 is 0 Å². The molecular weight excluding hydrogens is 292 g/mol. The van der Waals surface area contributed by atoms with E-state index < -0.39 is 12.5 Å². The predicted octanol–water partition coefficient (Wildman–Crippen LogP) is 3.46. The van der Waals surface area contributed by atoms with Crippen LogP contribution in [0.15, 0.2) is 28.9 Å². The van der Waals surface area contributed by atoms with Crippen LogP contribution in [0.4, 0.5) is 14.7 Å². The third-order valence-corrected chi connectivity index (χ3v) is 2.59. The SMILES string of the molecule is CC(F)(F)CNc1ncc2cc(Br)ccc2n1. The third-order valence-electron chi connectivity index (χ3n) is 2.10. The molecule has 2 rings (SSSR count). The normalized spacial score (nSPS) is 11.8. The summed E-state index contributed by atoms with van der Waals surface area (Å²) in [5.74, 6) is -2.57. The van der Waals surface area contributed by atoms with Crippen LogP contribution in [0.5, 0.6) is 0 Å². The number of fused-ring (bicyclic) bond motifs is 1. The summed E-state index contributed by atoms with van der Waals surface area (Å²) in [6, 6.07) is 5.51. The molecule has 0 aliphatic rings. The van der Waals surface area contributed by atoms with Gasteiger partial charge in [-0.05, 0) is 18.2 Å². The first-order valence-corrected chi connectivity index (χ1v) is 5.77. The minimum Gasteiger partial charge on any atom is -0.348 e. The molecule has 0 saturated heterocycles. The van der Waals surface area contributed by atoms with Gasteiger partial charge in [0, 0.05) is 23.0 Å². The molecule has 1 heterocycles. The molecule has 0 fully saturated rings. The smallest absolute Gasteiger partial charge is 0.262 e. The first-order valence-electron chi connectivity index (χ1n) is 4.98. The lowest BCUT2D eigenvalue weighted by atomic mass is 10.2. The first-order chi connectivity index (χ1) is 7.94. The molecule has 1 N–H and O–H groups in total. The van der Waals surface area contributed by atoms with Crippen molar-refractivity contribution in [1.29, 1.82) is 0 Å². The highest BCUT2D eigenvalue weighted by Gasteiger charge is 2.20. The van der Waals surface area contributed by atoms with Crippen molar-refractivity contribution in [2.45, 2.75) is 12.8 Å². The zero-order valence-electron chi connectivity index (χ0n) is 9.04. The van der Waals surface area contributed by atoms with E-state index in [1.54, 1.807) is 12.3 Å². The number of nitrogens with one attached hydrogen (secondary N) is 1. The van der Waals surface area contributed by atoms with Gasteiger partial charge in [0.2, 0.25) is 5.95 Å². The Hall–Kier alpha value is -1.30. The molecule has 6 heteroatoms. The maximum atomic E-state index is 12.7. The fourth-order valence-electron chi connectivity index (χ4n) is 1.32. The van der Waals surface area contributed by atoms with Gasteiger partial charge < -0.3 is 5.32 Å². The summed E-state index contributed by atoms with van der Waals surface area (Å²) >= 11 is 3.34. The standard InChI is InChI=1S/C11H10BrF2N3/c1-11(13,14)6-16-10-15-5-7-4-8(12)2-3-9(7)17-10/h2-5H,6H2,1H3,(H,15,16,17). The minimum absolute atomic E-state index is 0.210. The molecule has 0 unspecified atom stereocenters. The van der Waals surface area contributed by atoms with E-state index >= 15 is 0 Å². The van der Waals surface area contributed by atoms with Crippen molar-refractivity contribution in [1.82, 2.24) is 9.97 Å². The molecule has 0 spiro atoms. The Morgan fingerprint density at radius 2 is 2.18 bits per heavy atom. The fourth-order valence-corrected chi connectivity index (χ4v) is 1.70. The van der Waals surface area contributed by atoms with E-state index in [0.717, 1.165) is 16.8 Å². The van der Waals surface area contributed by atoms with E-state index in [2.05, 4.69) is 31.2 Å². The molecule has 1 aromatic heterocycles. The average molecular weight is 302 g/mol. The van der Waals surface area contributed by atoms with Crippen LogP contribution in [0.1, 0.15) is 6.92 Å². The molecule has 0 amide bonds. The highest BCUT2D eigenvalue weighted by molar-refractivity contribution is 9.10. The van der Waals surface area contributed by atoms with Crippen LogP contribution < -0.4 is 5.32 Å². The van der Waals surface area contributed by atoms with Crippen molar-refractivity contribution in [3.63, 3.8) is 0 Å². The van der Waals surface area contributed by atoms with Crippen molar-refractivity contribution >= 4 is 32.8 Å². The Labute approximate surface area is 105 Å². The van der Waals surface area contributed by atoms with E-state index in [1.807, 2.05) is 12.1 Å². The largest absolute Gasteiger partial charge is 0.348 e. The van der Waals surface area contributed by atoms with Gasteiger partial charge in [0.15, 0.2) is 0 Å². The van der Waals surface area contributed by atoms with Crippen LogP contribution in [0.25, 0.3) is 10.9 Å². The van der Waals surface area contributed by atoms with E-state index in [-0.39, 0.29) is 5.95 Å².